The first-order valence-electron chi connectivity index (χ1n) is 8.92. The van der Waals surface area contributed by atoms with Gasteiger partial charge in [-0.1, -0.05) is 19.1 Å². The number of benzene rings is 1. The van der Waals surface area contributed by atoms with Crippen molar-refractivity contribution in [3.8, 4) is 0 Å². The van der Waals surface area contributed by atoms with Gasteiger partial charge < -0.3 is 14.8 Å². The van der Waals surface area contributed by atoms with Crippen LogP contribution in [0.2, 0.25) is 0 Å². The topological polar surface area (TPSA) is 50.2 Å². The van der Waals surface area contributed by atoms with E-state index in [-0.39, 0.29) is 35.6 Å². The number of likely N-dealkylation sites (N-methyl/N-ethyl adjacent to an activating group) is 1. The Balaban J connectivity index is 0.00000121. The Morgan fingerprint density at radius 2 is 1.96 bits per heavy atom. The van der Waals surface area contributed by atoms with Gasteiger partial charge in [-0.25, -0.2) is 4.98 Å². The first-order valence-corrected chi connectivity index (χ1v) is 8.92. The zero-order valence-corrected chi connectivity index (χ0v) is 17.0. The van der Waals surface area contributed by atoms with Crippen LogP contribution in [0.1, 0.15) is 26.2 Å². The number of aromatic nitrogens is 2. The lowest BCUT2D eigenvalue weighted by atomic mass is 9.85. The van der Waals surface area contributed by atoms with Crippen LogP contribution in [0.25, 0.3) is 11.0 Å². The number of halogens is 2. The highest BCUT2D eigenvalue weighted by atomic mass is 35.5. The van der Waals surface area contributed by atoms with Crippen molar-refractivity contribution in [1.82, 2.24) is 19.8 Å². The van der Waals surface area contributed by atoms with Crippen LogP contribution in [-0.4, -0.2) is 47.0 Å². The molecule has 4 rings (SSSR count). The Morgan fingerprint density at radius 3 is 2.69 bits per heavy atom. The average Bonchev–Trinajstić information content (AvgIpc) is 2.99. The molecular formula is C19H28Cl2N4O. The van der Waals surface area contributed by atoms with Crippen molar-refractivity contribution in [2.75, 3.05) is 26.7 Å². The van der Waals surface area contributed by atoms with E-state index in [2.05, 4.69) is 27.9 Å². The molecule has 7 heteroatoms. The molecule has 0 radical (unpaired) electrons. The number of nitrogens with zero attached hydrogens (tertiary/aromatic N) is 3. The molecule has 2 heterocycles. The SMILES string of the molecule is CN(CCn1cnc2ccccc21)C(=O)C1(C)CC12CCNCC2.Cl.Cl. The van der Waals surface area contributed by atoms with Gasteiger partial charge in [0.1, 0.15) is 0 Å². The van der Waals surface area contributed by atoms with Crippen LogP contribution < -0.4 is 5.32 Å². The van der Waals surface area contributed by atoms with Gasteiger partial charge in [0, 0.05) is 20.1 Å². The lowest BCUT2D eigenvalue weighted by Crippen LogP contribution is -2.40. The highest BCUT2D eigenvalue weighted by Gasteiger charge is 2.68. The number of para-hydroxylation sites is 2. The summed E-state index contributed by atoms with van der Waals surface area (Å²) in [6, 6.07) is 8.13. The van der Waals surface area contributed by atoms with Crippen LogP contribution in [-0.2, 0) is 11.3 Å². The fourth-order valence-corrected chi connectivity index (χ4v) is 4.54. The maximum Gasteiger partial charge on any atom is 0.228 e. The number of imidazole rings is 1. The molecule has 26 heavy (non-hydrogen) atoms. The van der Waals surface area contributed by atoms with Crippen LogP contribution in [0.15, 0.2) is 30.6 Å². The first kappa shape index (κ1) is 21.0. The predicted octanol–water partition coefficient (Wildman–Crippen LogP) is 3.12. The van der Waals surface area contributed by atoms with E-state index in [0.717, 1.165) is 56.5 Å². The number of rotatable bonds is 4. The fraction of sp³-hybridized carbons (Fsp3) is 0.579. The molecule has 5 nitrogen and oxygen atoms in total. The summed E-state index contributed by atoms with van der Waals surface area (Å²) in [6.07, 6.45) is 5.19. The minimum absolute atomic E-state index is 0. The second kappa shape index (κ2) is 7.75. The molecule has 1 atom stereocenters. The number of nitrogens with one attached hydrogen (secondary N) is 1. The molecule has 1 spiro atoms. The maximum atomic E-state index is 13.0. The highest BCUT2D eigenvalue weighted by Crippen LogP contribution is 2.68. The fourth-order valence-electron chi connectivity index (χ4n) is 4.54. The lowest BCUT2D eigenvalue weighted by molar-refractivity contribution is -0.136. The third kappa shape index (κ3) is 3.32. The summed E-state index contributed by atoms with van der Waals surface area (Å²) < 4.78 is 2.13. The standard InChI is InChI=1S/C19H26N4O.2ClH/c1-18(13-19(18)7-9-20-10-8-19)17(24)22(2)11-12-23-14-21-15-5-3-4-6-16(15)23;;/h3-6,14,20H,7-13H2,1-2H3;2*1H. The van der Waals surface area contributed by atoms with E-state index in [0.29, 0.717) is 5.91 Å². The van der Waals surface area contributed by atoms with Crippen molar-refractivity contribution in [3.05, 3.63) is 30.6 Å². The Labute approximate surface area is 167 Å². The monoisotopic (exact) mass is 398 g/mol. The van der Waals surface area contributed by atoms with E-state index in [1.807, 2.05) is 36.5 Å². The smallest absolute Gasteiger partial charge is 0.228 e. The van der Waals surface area contributed by atoms with Crippen LogP contribution >= 0.6 is 24.8 Å². The largest absolute Gasteiger partial charge is 0.343 e. The van der Waals surface area contributed by atoms with Gasteiger partial charge in [0.05, 0.1) is 22.8 Å². The summed E-state index contributed by atoms with van der Waals surface area (Å²) in [6.45, 7) is 5.78. The number of carbonyl (C=O) groups is 1. The van der Waals surface area contributed by atoms with Gasteiger partial charge in [0.2, 0.25) is 5.91 Å². The number of hydrogen-bond donors (Lipinski definition) is 1. The highest BCUT2D eigenvalue weighted by molar-refractivity contribution is 5.86. The molecule has 1 unspecified atom stereocenters. The summed E-state index contributed by atoms with van der Waals surface area (Å²) in [5, 5.41) is 3.41. The summed E-state index contributed by atoms with van der Waals surface area (Å²) in [4.78, 5) is 19.3. The number of carbonyl (C=O) groups excluding carboxylic acids is 1. The van der Waals surface area contributed by atoms with E-state index in [1.54, 1.807) is 0 Å². The van der Waals surface area contributed by atoms with Crippen LogP contribution in [0.5, 0.6) is 0 Å². The number of amides is 1. The number of hydrogen-bond acceptors (Lipinski definition) is 3. The average molecular weight is 399 g/mol. The molecule has 2 fully saturated rings. The third-order valence-electron chi connectivity index (χ3n) is 6.32. The van der Waals surface area contributed by atoms with Gasteiger partial charge in [-0.05, 0) is 49.9 Å². The minimum atomic E-state index is -0.152. The molecule has 0 bridgehead atoms. The summed E-state index contributed by atoms with van der Waals surface area (Å²) >= 11 is 0. The van der Waals surface area contributed by atoms with E-state index in [1.165, 1.54) is 0 Å². The Kier molecular flexibility index (Phi) is 6.26. The normalized spacial score (nSPS) is 23.2. The van der Waals surface area contributed by atoms with Crippen molar-refractivity contribution in [1.29, 1.82) is 0 Å². The van der Waals surface area contributed by atoms with E-state index >= 15 is 0 Å². The summed E-state index contributed by atoms with van der Waals surface area (Å²) in [7, 11) is 1.94. The van der Waals surface area contributed by atoms with Gasteiger partial charge >= 0.3 is 0 Å². The molecular weight excluding hydrogens is 371 g/mol. The molecule has 2 aliphatic rings. The minimum Gasteiger partial charge on any atom is -0.343 e. The van der Waals surface area contributed by atoms with Crippen molar-refractivity contribution in [2.45, 2.75) is 32.7 Å². The van der Waals surface area contributed by atoms with Gasteiger partial charge in [-0.2, -0.15) is 0 Å². The lowest BCUT2D eigenvalue weighted by Gasteiger charge is -2.30. The number of piperidine rings is 1. The van der Waals surface area contributed by atoms with Gasteiger partial charge in [0.25, 0.3) is 0 Å². The maximum absolute atomic E-state index is 13.0. The van der Waals surface area contributed by atoms with Crippen LogP contribution in [0, 0.1) is 10.8 Å². The molecule has 1 amide bonds. The Hall–Kier alpha value is -1.30. The zero-order chi connectivity index (χ0) is 16.8. The second-order valence-electron chi connectivity index (χ2n) is 7.69. The zero-order valence-electron chi connectivity index (χ0n) is 15.4. The quantitative estimate of drug-likeness (QED) is 0.860. The molecule has 1 aromatic carbocycles. The molecule has 1 saturated carbocycles. The third-order valence-corrected chi connectivity index (χ3v) is 6.32. The second-order valence-corrected chi connectivity index (χ2v) is 7.69. The molecule has 1 saturated heterocycles. The van der Waals surface area contributed by atoms with Gasteiger partial charge in [-0.3, -0.25) is 4.79 Å². The molecule has 2 aromatic rings. The molecule has 144 valence electrons. The van der Waals surface area contributed by atoms with Gasteiger partial charge in [-0.15, -0.1) is 24.8 Å². The molecule has 1 N–H and O–H groups in total. The van der Waals surface area contributed by atoms with Crippen molar-refractivity contribution in [3.63, 3.8) is 0 Å². The summed E-state index contributed by atoms with van der Waals surface area (Å²) in [5.74, 6) is 0.314. The molecule has 1 aliphatic heterocycles. The predicted molar refractivity (Wildman–Crippen MR) is 109 cm³/mol. The van der Waals surface area contributed by atoms with Crippen molar-refractivity contribution < 1.29 is 4.79 Å². The van der Waals surface area contributed by atoms with Gasteiger partial charge in [0.15, 0.2) is 0 Å². The first-order chi connectivity index (χ1) is 11.6. The molecule has 1 aliphatic carbocycles. The van der Waals surface area contributed by atoms with Crippen LogP contribution in [0.4, 0.5) is 0 Å². The van der Waals surface area contributed by atoms with Crippen molar-refractivity contribution in [2.24, 2.45) is 10.8 Å². The van der Waals surface area contributed by atoms with E-state index in [9.17, 15) is 4.79 Å². The van der Waals surface area contributed by atoms with Crippen molar-refractivity contribution >= 4 is 41.8 Å². The molecule has 1 aromatic heterocycles. The van der Waals surface area contributed by atoms with Crippen LogP contribution in [0.3, 0.4) is 0 Å². The van der Waals surface area contributed by atoms with E-state index < -0.39 is 0 Å². The summed E-state index contributed by atoms with van der Waals surface area (Å²) in [5.41, 5.74) is 2.24. The Morgan fingerprint density at radius 1 is 1.27 bits per heavy atom. The Bertz CT molecular complexity index is 772. The number of fused-ring (bicyclic) bond motifs is 1. The van der Waals surface area contributed by atoms with E-state index in [4.69, 9.17) is 0 Å².